The first-order chi connectivity index (χ1) is 9.01. The summed E-state index contributed by atoms with van der Waals surface area (Å²) in [5, 5.41) is 4.14. The summed E-state index contributed by atoms with van der Waals surface area (Å²) < 4.78 is 11.9. The highest BCUT2D eigenvalue weighted by atomic mass is 16.5. The van der Waals surface area contributed by atoms with Crippen molar-refractivity contribution >= 4 is 5.97 Å². The second kappa shape index (κ2) is 7.25. The van der Waals surface area contributed by atoms with Gasteiger partial charge < -0.3 is 9.47 Å². The number of likely N-dealkylation sites (N-methyl/N-ethyl adjacent to an activating group) is 1. The maximum Gasteiger partial charge on any atom is 0.341 e. The number of aromatic nitrogens is 2. The normalized spacial score (nSPS) is 12.7. The van der Waals surface area contributed by atoms with Crippen molar-refractivity contribution in [3.05, 3.63) is 17.5 Å². The number of rotatable bonds is 7. The molecule has 0 N–H and O–H groups in total. The lowest BCUT2D eigenvalue weighted by Crippen LogP contribution is -2.33. The molecule has 19 heavy (non-hydrogen) atoms. The number of hydrogen-bond donors (Lipinski definition) is 0. The van der Waals surface area contributed by atoms with Crippen LogP contribution in [0.1, 0.15) is 29.9 Å². The smallest absolute Gasteiger partial charge is 0.341 e. The Bertz CT molecular complexity index is 417. The third-order valence-corrected chi connectivity index (χ3v) is 3.12. The number of methoxy groups -OCH3 is 1. The van der Waals surface area contributed by atoms with Crippen LogP contribution in [0.25, 0.3) is 0 Å². The Hall–Kier alpha value is -1.40. The first kappa shape index (κ1) is 15.7. The summed E-state index contributed by atoms with van der Waals surface area (Å²) in [5.41, 5.74) is 1.38. The Morgan fingerprint density at radius 1 is 1.58 bits per heavy atom. The largest absolute Gasteiger partial charge is 0.462 e. The molecule has 1 aromatic heterocycles. The van der Waals surface area contributed by atoms with Gasteiger partial charge in [-0.25, -0.2) is 4.79 Å². The van der Waals surface area contributed by atoms with Gasteiger partial charge in [0.25, 0.3) is 0 Å². The maximum absolute atomic E-state index is 11.8. The van der Waals surface area contributed by atoms with Crippen LogP contribution in [0.5, 0.6) is 0 Å². The van der Waals surface area contributed by atoms with E-state index in [0.29, 0.717) is 25.3 Å². The van der Waals surface area contributed by atoms with E-state index in [2.05, 4.69) is 16.9 Å². The van der Waals surface area contributed by atoms with Crippen LogP contribution < -0.4 is 0 Å². The van der Waals surface area contributed by atoms with E-state index >= 15 is 0 Å². The fourth-order valence-corrected chi connectivity index (χ4v) is 1.79. The van der Waals surface area contributed by atoms with Crippen LogP contribution in [0, 0.1) is 0 Å². The minimum Gasteiger partial charge on any atom is -0.462 e. The molecular formula is C13H23N3O3. The van der Waals surface area contributed by atoms with Gasteiger partial charge in [0.15, 0.2) is 0 Å². The minimum absolute atomic E-state index is 0.259. The summed E-state index contributed by atoms with van der Waals surface area (Å²) in [6, 6.07) is 0.259. The number of esters is 1. The van der Waals surface area contributed by atoms with E-state index in [0.717, 1.165) is 5.69 Å². The van der Waals surface area contributed by atoms with Crippen LogP contribution in [0.2, 0.25) is 0 Å². The molecule has 0 aliphatic rings. The van der Waals surface area contributed by atoms with Crippen LogP contribution in [0.3, 0.4) is 0 Å². The summed E-state index contributed by atoms with van der Waals surface area (Å²) in [5.74, 6) is -0.321. The molecule has 6 heteroatoms. The predicted octanol–water partition coefficient (Wildman–Crippen LogP) is 1.06. The molecule has 108 valence electrons. The highest BCUT2D eigenvalue weighted by Gasteiger charge is 2.20. The number of ether oxygens (including phenoxy) is 2. The van der Waals surface area contributed by atoms with Gasteiger partial charge in [-0.2, -0.15) is 5.10 Å². The van der Waals surface area contributed by atoms with Gasteiger partial charge in [-0.05, 0) is 20.9 Å². The Morgan fingerprint density at radius 3 is 2.84 bits per heavy atom. The molecule has 1 unspecified atom stereocenters. The molecule has 0 radical (unpaired) electrons. The number of hydrogen-bond acceptors (Lipinski definition) is 5. The van der Waals surface area contributed by atoms with Crippen molar-refractivity contribution < 1.29 is 14.3 Å². The van der Waals surface area contributed by atoms with Gasteiger partial charge in [0.05, 0.1) is 25.1 Å². The monoisotopic (exact) mass is 269 g/mol. The predicted molar refractivity (Wildman–Crippen MR) is 72.0 cm³/mol. The molecule has 0 spiro atoms. The maximum atomic E-state index is 11.8. The lowest BCUT2D eigenvalue weighted by atomic mass is 10.2. The van der Waals surface area contributed by atoms with Crippen molar-refractivity contribution in [2.75, 3.05) is 27.4 Å². The van der Waals surface area contributed by atoms with Crippen LogP contribution in [0.15, 0.2) is 6.20 Å². The Kier molecular flexibility index (Phi) is 5.98. The van der Waals surface area contributed by atoms with Crippen LogP contribution >= 0.6 is 0 Å². The van der Waals surface area contributed by atoms with E-state index in [9.17, 15) is 4.79 Å². The summed E-state index contributed by atoms with van der Waals surface area (Å²) in [7, 11) is 5.50. The highest BCUT2D eigenvalue weighted by Crippen LogP contribution is 2.13. The fraction of sp³-hybridized carbons (Fsp3) is 0.692. The lowest BCUT2D eigenvalue weighted by molar-refractivity contribution is 0.0522. The lowest BCUT2D eigenvalue weighted by Gasteiger charge is -2.24. The van der Waals surface area contributed by atoms with E-state index < -0.39 is 0 Å². The van der Waals surface area contributed by atoms with Crippen molar-refractivity contribution in [2.45, 2.75) is 26.4 Å². The van der Waals surface area contributed by atoms with Crippen molar-refractivity contribution in [3.8, 4) is 0 Å². The second-order valence-electron chi connectivity index (χ2n) is 4.57. The van der Waals surface area contributed by atoms with E-state index in [1.54, 1.807) is 24.9 Å². The van der Waals surface area contributed by atoms with Gasteiger partial charge in [-0.15, -0.1) is 0 Å². The van der Waals surface area contributed by atoms with Gasteiger partial charge in [-0.3, -0.25) is 9.58 Å². The van der Waals surface area contributed by atoms with Gasteiger partial charge >= 0.3 is 5.97 Å². The summed E-state index contributed by atoms with van der Waals surface area (Å²) >= 11 is 0. The molecule has 1 aromatic rings. The molecule has 1 heterocycles. The third kappa shape index (κ3) is 4.04. The quantitative estimate of drug-likeness (QED) is 0.693. The van der Waals surface area contributed by atoms with Crippen molar-refractivity contribution in [2.24, 2.45) is 7.05 Å². The van der Waals surface area contributed by atoms with Gasteiger partial charge in [0.1, 0.15) is 5.56 Å². The van der Waals surface area contributed by atoms with Crippen molar-refractivity contribution in [1.29, 1.82) is 0 Å². The molecule has 1 atom stereocenters. The molecular weight excluding hydrogens is 246 g/mol. The standard InChI is InChI=1S/C13H23N3O3/c1-6-19-13(17)11-7-14-16(4)12(11)8-15(3)10(2)9-18-5/h7,10H,6,8-9H2,1-5H3. The van der Waals surface area contributed by atoms with E-state index in [-0.39, 0.29) is 12.0 Å². The second-order valence-corrected chi connectivity index (χ2v) is 4.57. The Balaban J connectivity index is 2.82. The van der Waals surface area contributed by atoms with E-state index in [1.807, 2.05) is 14.1 Å². The average Bonchev–Trinajstić information content (AvgIpc) is 2.72. The fourth-order valence-electron chi connectivity index (χ4n) is 1.79. The molecule has 0 saturated carbocycles. The SMILES string of the molecule is CCOC(=O)c1cnn(C)c1CN(C)C(C)COC. The van der Waals surface area contributed by atoms with Gasteiger partial charge in [0, 0.05) is 26.7 Å². The number of carbonyl (C=O) groups excluding carboxylic acids is 1. The summed E-state index contributed by atoms with van der Waals surface area (Å²) in [4.78, 5) is 14.0. The zero-order valence-electron chi connectivity index (χ0n) is 12.3. The number of carbonyl (C=O) groups is 1. The first-order valence-electron chi connectivity index (χ1n) is 6.38. The molecule has 0 aliphatic carbocycles. The zero-order chi connectivity index (χ0) is 14.4. The molecule has 6 nitrogen and oxygen atoms in total. The topological polar surface area (TPSA) is 56.6 Å². The molecule has 0 bridgehead atoms. The first-order valence-corrected chi connectivity index (χ1v) is 6.38. The summed E-state index contributed by atoms with van der Waals surface area (Å²) in [6.07, 6.45) is 1.56. The Labute approximate surface area is 114 Å². The van der Waals surface area contributed by atoms with E-state index in [1.165, 1.54) is 0 Å². The third-order valence-electron chi connectivity index (χ3n) is 3.12. The molecule has 0 amide bonds. The highest BCUT2D eigenvalue weighted by molar-refractivity contribution is 5.90. The van der Waals surface area contributed by atoms with Gasteiger partial charge in [-0.1, -0.05) is 0 Å². The van der Waals surface area contributed by atoms with Crippen molar-refractivity contribution in [1.82, 2.24) is 14.7 Å². The molecule has 0 fully saturated rings. The van der Waals surface area contributed by atoms with Crippen LogP contribution in [0.4, 0.5) is 0 Å². The summed E-state index contributed by atoms with van der Waals surface area (Å²) in [6.45, 7) is 5.49. The molecule has 0 aromatic carbocycles. The molecule has 0 aliphatic heterocycles. The van der Waals surface area contributed by atoms with Gasteiger partial charge in [0.2, 0.25) is 0 Å². The van der Waals surface area contributed by atoms with E-state index in [4.69, 9.17) is 9.47 Å². The van der Waals surface area contributed by atoms with Crippen molar-refractivity contribution in [3.63, 3.8) is 0 Å². The zero-order valence-corrected chi connectivity index (χ0v) is 12.3. The average molecular weight is 269 g/mol. The minimum atomic E-state index is -0.321. The Morgan fingerprint density at radius 2 is 2.26 bits per heavy atom. The molecule has 0 saturated heterocycles. The van der Waals surface area contributed by atoms with Crippen LogP contribution in [-0.2, 0) is 23.1 Å². The number of aryl methyl sites for hydroxylation is 1. The molecule has 1 rings (SSSR count). The number of nitrogens with zero attached hydrogens (tertiary/aromatic N) is 3. The van der Waals surface area contributed by atoms with Crippen LogP contribution in [-0.4, -0.2) is 54.1 Å².